The summed E-state index contributed by atoms with van der Waals surface area (Å²) in [5, 5.41) is 10.7. The third-order valence-electron chi connectivity index (χ3n) is 3.56. The predicted molar refractivity (Wildman–Crippen MR) is 71.6 cm³/mol. The number of anilines is 1. The van der Waals surface area contributed by atoms with Crippen molar-refractivity contribution >= 4 is 5.69 Å². The first-order valence-electron chi connectivity index (χ1n) is 6.25. The molecule has 98 valence electrons. The third-order valence-corrected chi connectivity index (χ3v) is 3.56. The first-order valence-corrected chi connectivity index (χ1v) is 6.25. The van der Waals surface area contributed by atoms with E-state index in [2.05, 4.69) is 16.8 Å². The van der Waals surface area contributed by atoms with Crippen molar-refractivity contribution in [3.8, 4) is 0 Å². The van der Waals surface area contributed by atoms with E-state index in [0.29, 0.717) is 0 Å². The fraction of sp³-hybridized carbons (Fsp3) is 0.538. The second-order valence-electron chi connectivity index (χ2n) is 4.84. The third kappa shape index (κ3) is 2.79. The van der Waals surface area contributed by atoms with Gasteiger partial charge in [0.05, 0.1) is 0 Å². The Bertz CT molecular complexity index is 411. The van der Waals surface area contributed by atoms with Crippen LogP contribution in [0.5, 0.6) is 0 Å². The molecule has 1 saturated heterocycles. The molecule has 1 aliphatic rings. The first kappa shape index (κ1) is 12.8. The van der Waals surface area contributed by atoms with Crippen LogP contribution < -0.4 is 4.90 Å². The van der Waals surface area contributed by atoms with Gasteiger partial charge in [0.2, 0.25) is 6.04 Å². The highest BCUT2D eigenvalue weighted by atomic mass is 16.6. The van der Waals surface area contributed by atoms with Gasteiger partial charge in [-0.25, -0.2) is 0 Å². The van der Waals surface area contributed by atoms with Crippen molar-refractivity contribution in [3.63, 3.8) is 0 Å². The number of rotatable bonds is 3. The molecule has 0 aliphatic carbocycles. The highest BCUT2D eigenvalue weighted by molar-refractivity contribution is 5.48. The van der Waals surface area contributed by atoms with E-state index >= 15 is 0 Å². The van der Waals surface area contributed by atoms with E-state index < -0.39 is 6.04 Å². The van der Waals surface area contributed by atoms with Gasteiger partial charge in [-0.1, -0.05) is 12.1 Å². The number of hydrogen-bond acceptors (Lipinski definition) is 4. The molecule has 0 amide bonds. The number of hydrogen-bond donors (Lipinski definition) is 0. The summed E-state index contributed by atoms with van der Waals surface area (Å²) in [4.78, 5) is 15.1. The lowest BCUT2D eigenvalue weighted by Crippen LogP contribution is -2.44. The zero-order chi connectivity index (χ0) is 13.1. The van der Waals surface area contributed by atoms with Crippen LogP contribution in [0, 0.1) is 10.1 Å². The standard InChI is InChI=1S/C13H19N3O2/c1-11(16(17)18)12-3-5-13(6-4-12)15-9-7-14(2)8-10-15/h3-6,11H,7-10H2,1-2H3. The fourth-order valence-corrected chi connectivity index (χ4v) is 2.15. The SMILES string of the molecule is CC(c1ccc(N2CCN(C)CC2)cc1)[N+](=O)[O-]. The van der Waals surface area contributed by atoms with Gasteiger partial charge in [-0.3, -0.25) is 10.1 Å². The van der Waals surface area contributed by atoms with Gasteiger partial charge in [0.15, 0.2) is 0 Å². The number of piperazine rings is 1. The van der Waals surface area contributed by atoms with Crippen LogP contribution in [0.1, 0.15) is 18.5 Å². The van der Waals surface area contributed by atoms with E-state index in [0.717, 1.165) is 37.4 Å². The van der Waals surface area contributed by atoms with Crippen LogP contribution in [0.15, 0.2) is 24.3 Å². The van der Waals surface area contributed by atoms with Crippen LogP contribution >= 0.6 is 0 Å². The zero-order valence-electron chi connectivity index (χ0n) is 10.9. The summed E-state index contributed by atoms with van der Waals surface area (Å²) < 4.78 is 0. The minimum absolute atomic E-state index is 0.259. The van der Waals surface area contributed by atoms with Crippen molar-refractivity contribution in [1.29, 1.82) is 0 Å². The molecule has 1 aliphatic heterocycles. The molecule has 1 aromatic carbocycles. The van der Waals surface area contributed by atoms with Gasteiger partial charge < -0.3 is 9.80 Å². The molecule has 0 radical (unpaired) electrons. The molecule has 2 rings (SSSR count). The number of likely N-dealkylation sites (N-methyl/N-ethyl adjacent to an activating group) is 1. The van der Waals surface area contributed by atoms with Gasteiger partial charge in [0, 0.05) is 49.3 Å². The maximum Gasteiger partial charge on any atom is 0.235 e. The molecule has 0 saturated carbocycles. The second kappa shape index (κ2) is 5.35. The Morgan fingerprint density at radius 2 is 1.72 bits per heavy atom. The van der Waals surface area contributed by atoms with Crippen LogP contribution in [0.3, 0.4) is 0 Å². The molecule has 1 fully saturated rings. The van der Waals surface area contributed by atoms with Crippen LogP contribution in [0.4, 0.5) is 5.69 Å². The minimum Gasteiger partial charge on any atom is -0.369 e. The van der Waals surface area contributed by atoms with Crippen molar-refractivity contribution in [2.75, 3.05) is 38.1 Å². The van der Waals surface area contributed by atoms with Crippen molar-refractivity contribution < 1.29 is 4.92 Å². The monoisotopic (exact) mass is 249 g/mol. The molecule has 1 aromatic rings. The van der Waals surface area contributed by atoms with E-state index in [-0.39, 0.29) is 4.92 Å². The van der Waals surface area contributed by atoms with E-state index in [1.54, 1.807) is 6.92 Å². The summed E-state index contributed by atoms with van der Waals surface area (Å²) in [6.07, 6.45) is 0. The average Bonchev–Trinajstić information content (AvgIpc) is 2.39. The zero-order valence-corrected chi connectivity index (χ0v) is 10.9. The molecule has 1 unspecified atom stereocenters. The lowest BCUT2D eigenvalue weighted by molar-refractivity contribution is -0.524. The molecule has 1 heterocycles. The molecule has 1 atom stereocenters. The largest absolute Gasteiger partial charge is 0.369 e. The van der Waals surface area contributed by atoms with Gasteiger partial charge >= 0.3 is 0 Å². The van der Waals surface area contributed by atoms with E-state index in [1.807, 2.05) is 24.3 Å². The smallest absolute Gasteiger partial charge is 0.235 e. The van der Waals surface area contributed by atoms with Crippen molar-refractivity contribution in [2.24, 2.45) is 0 Å². The highest BCUT2D eigenvalue weighted by Gasteiger charge is 2.17. The van der Waals surface area contributed by atoms with Crippen LogP contribution in [0.2, 0.25) is 0 Å². The Kier molecular flexibility index (Phi) is 3.81. The van der Waals surface area contributed by atoms with Gasteiger partial charge in [-0.15, -0.1) is 0 Å². The summed E-state index contributed by atoms with van der Waals surface area (Å²) in [6, 6.07) is 7.07. The minimum atomic E-state index is -0.633. The Morgan fingerprint density at radius 1 is 1.17 bits per heavy atom. The molecule has 5 nitrogen and oxygen atoms in total. The van der Waals surface area contributed by atoms with E-state index in [4.69, 9.17) is 0 Å². The van der Waals surface area contributed by atoms with Gasteiger partial charge in [-0.05, 0) is 19.2 Å². The fourth-order valence-electron chi connectivity index (χ4n) is 2.15. The van der Waals surface area contributed by atoms with Gasteiger partial charge in [0.1, 0.15) is 0 Å². The van der Waals surface area contributed by atoms with Crippen molar-refractivity contribution in [1.82, 2.24) is 4.90 Å². The summed E-state index contributed by atoms with van der Waals surface area (Å²) in [6.45, 7) is 5.77. The predicted octanol–water partition coefficient (Wildman–Crippen LogP) is 1.78. The lowest BCUT2D eigenvalue weighted by Gasteiger charge is -2.34. The van der Waals surface area contributed by atoms with Crippen LogP contribution in [0.25, 0.3) is 0 Å². The molecule has 0 N–H and O–H groups in total. The summed E-state index contributed by atoms with van der Waals surface area (Å²) in [7, 11) is 2.12. The molecule has 0 spiro atoms. The molecule has 0 bridgehead atoms. The van der Waals surface area contributed by atoms with Gasteiger partial charge in [0.25, 0.3) is 0 Å². The van der Waals surface area contributed by atoms with Crippen molar-refractivity contribution in [3.05, 3.63) is 39.9 Å². The first-order chi connectivity index (χ1) is 8.58. The van der Waals surface area contributed by atoms with Crippen LogP contribution in [-0.2, 0) is 0 Å². The normalized spacial score (nSPS) is 18.7. The number of nitro groups is 1. The van der Waals surface area contributed by atoms with E-state index in [9.17, 15) is 10.1 Å². The lowest BCUT2D eigenvalue weighted by atomic mass is 10.1. The Morgan fingerprint density at radius 3 is 2.22 bits per heavy atom. The Balaban J connectivity index is 2.06. The highest BCUT2D eigenvalue weighted by Crippen LogP contribution is 2.21. The number of nitrogens with zero attached hydrogens (tertiary/aromatic N) is 3. The Labute approximate surface area is 107 Å². The molecule has 0 aromatic heterocycles. The molecular formula is C13H19N3O2. The molecule has 5 heteroatoms. The van der Waals surface area contributed by atoms with Crippen molar-refractivity contribution in [2.45, 2.75) is 13.0 Å². The Hall–Kier alpha value is -1.62. The second-order valence-corrected chi connectivity index (χ2v) is 4.84. The number of benzene rings is 1. The maximum absolute atomic E-state index is 10.7. The summed E-state index contributed by atoms with van der Waals surface area (Å²) in [5.41, 5.74) is 1.92. The quantitative estimate of drug-likeness (QED) is 0.605. The average molecular weight is 249 g/mol. The summed E-state index contributed by atoms with van der Waals surface area (Å²) >= 11 is 0. The topological polar surface area (TPSA) is 49.6 Å². The van der Waals surface area contributed by atoms with Gasteiger partial charge in [-0.2, -0.15) is 0 Å². The molecule has 18 heavy (non-hydrogen) atoms. The van der Waals surface area contributed by atoms with Crippen LogP contribution in [-0.4, -0.2) is 43.0 Å². The van der Waals surface area contributed by atoms with E-state index in [1.165, 1.54) is 0 Å². The molecular weight excluding hydrogens is 230 g/mol. The summed E-state index contributed by atoms with van der Waals surface area (Å²) in [5.74, 6) is 0. The maximum atomic E-state index is 10.7.